The number of rotatable bonds is 3. The minimum Gasteiger partial charge on any atom is -0.309 e. The van der Waals surface area contributed by atoms with Crippen LogP contribution in [0.4, 0.5) is 4.39 Å². The van der Waals surface area contributed by atoms with Gasteiger partial charge < -0.3 is 5.32 Å². The summed E-state index contributed by atoms with van der Waals surface area (Å²) in [5.41, 5.74) is 2.78. The van der Waals surface area contributed by atoms with Crippen molar-refractivity contribution < 1.29 is 4.39 Å². The summed E-state index contributed by atoms with van der Waals surface area (Å²) < 4.78 is 13.4. The van der Waals surface area contributed by atoms with Gasteiger partial charge in [0.25, 0.3) is 0 Å². The summed E-state index contributed by atoms with van der Waals surface area (Å²) in [5.74, 6) is -0.332. The van der Waals surface area contributed by atoms with Crippen molar-refractivity contribution in [1.82, 2.24) is 15.3 Å². The average molecular weight is 267 g/mol. The first kappa shape index (κ1) is 12.7. The van der Waals surface area contributed by atoms with Gasteiger partial charge in [-0.25, -0.2) is 4.39 Å². The van der Waals surface area contributed by atoms with E-state index in [2.05, 4.69) is 15.3 Å². The maximum Gasteiger partial charge on any atom is 0.141 e. The zero-order valence-electron chi connectivity index (χ0n) is 11.0. The Morgan fingerprint density at radius 3 is 2.80 bits per heavy atom. The summed E-state index contributed by atoms with van der Waals surface area (Å²) >= 11 is 0. The molecule has 3 rings (SSSR count). The van der Waals surface area contributed by atoms with Crippen LogP contribution in [0.15, 0.2) is 55.0 Å². The van der Waals surface area contributed by atoms with Crippen molar-refractivity contribution in [2.24, 2.45) is 0 Å². The van der Waals surface area contributed by atoms with Crippen LogP contribution in [0, 0.1) is 5.82 Å². The molecule has 1 atom stereocenters. The molecule has 0 amide bonds. The van der Waals surface area contributed by atoms with E-state index in [-0.39, 0.29) is 11.9 Å². The lowest BCUT2D eigenvalue weighted by molar-refractivity contribution is 0.609. The Hall–Kier alpha value is -2.33. The van der Waals surface area contributed by atoms with Crippen molar-refractivity contribution in [2.45, 2.75) is 6.04 Å². The summed E-state index contributed by atoms with van der Waals surface area (Å²) in [6.07, 6.45) is 4.66. The maximum absolute atomic E-state index is 13.4. The van der Waals surface area contributed by atoms with Crippen molar-refractivity contribution in [3.63, 3.8) is 0 Å². The van der Waals surface area contributed by atoms with Crippen molar-refractivity contribution >= 4 is 10.9 Å². The summed E-state index contributed by atoms with van der Waals surface area (Å²) in [6.45, 7) is 0. The number of pyridine rings is 2. The highest BCUT2D eigenvalue weighted by Gasteiger charge is 2.15. The lowest BCUT2D eigenvalue weighted by Crippen LogP contribution is -2.18. The fourth-order valence-electron chi connectivity index (χ4n) is 2.46. The highest BCUT2D eigenvalue weighted by Crippen LogP contribution is 2.27. The zero-order valence-corrected chi connectivity index (χ0v) is 11.0. The molecule has 0 fully saturated rings. The molecule has 0 aliphatic heterocycles. The zero-order chi connectivity index (χ0) is 13.9. The van der Waals surface area contributed by atoms with E-state index in [1.54, 1.807) is 12.4 Å². The molecular weight excluding hydrogens is 253 g/mol. The molecule has 0 saturated carbocycles. The first-order valence-corrected chi connectivity index (χ1v) is 6.41. The number of benzene rings is 1. The molecule has 1 unspecified atom stereocenters. The molecular formula is C16H14FN3. The van der Waals surface area contributed by atoms with E-state index in [4.69, 9.17) is 0 Å². The van der Waals surface area contributed by atoms with Crippen LogP contribution < -0.4 is 5.32 Å². The summed E-state index contributed by atoms with van der Waals surface area (Å²) in [5, 5.41) is 4.27. The van der Waals surface area contributed by atoms with Crippen LogP contribution >= 0.6 is 0 Å². The molecule has 0 radical (unpaired) electrons. The number of nitrogens with one attached hydrogen (secondary N) is 1. The van der Waals surface area contributed by atoms with Crippen LogP contribution in [0.25, 0.3) is 10.9 Å². The Bertz CT molecular complexity index is 737. The van der Waals surface area contributed by atoms with Gasteiger partial charge in [-0.3, -0.25) is 9.97 Å². The van der Waals surface area contributed by atoms with Gasteiger partial charge in [0, 0.05) is 17.8 Å². The molecule has 0 saturated heterocycles. The molecule has 100 valence electrons. The van der Waals surface area contributed by atoms with Crippen LogP contribution in [0.1, 0.15) is 17.2 Å². The lowest BCUT2D eigenvalue weighted by atomic mass is 9.97. The van der Waals surface area contributed by atoms with E-state index in [9.17, 15) is 4.39 Å². The molecule has 0 bridgehead atoms. The van der Waals surface area contributed by atoms with Gasteiger partial charge in [0.2, 0.25) is 0 Å². The Labute approximate surface area is 116 Å². The van der Waals surface area contributed by atoms with E-state index >= 15 is 0 Å². The second-order valence-corrected chi connectivity index (χ2v) is 4.58. The molecule has 20 heavy (non-hydrogen) atoms. The van der Waals surface area contributed by atoms with Crippen LogP contribution in [-0.2, 0) is 0 Å². The van der Waals surface area contributed by atoms with Crippen molar-refractivity contribution in [1.29, 1.82) is 0 Å². The van der Waals surface area contributed by atoms with E-state index < -0.39 is 0 Å². The quantitative estimate of drug-likeness (QED) is 0.792. The third-order valence-electron chi connectivity index (χ3n) is 3.34. The van der Waals surface area contributed by atoms with Gasteiger partial charge in [0.05, 0.1) is 17.8 Å². The minimum absolute atomic E-state index is 0.119. The van der Waals surface area contributed by atoms with Crippen LogP contribution in [0.2, 0.25) is 0 Å². The smallest absolute Gasteiger partial charge is 0.141 e. The maximum atomic E-state index is 13.4. The molecule has 2 heterocycles. The molecule has 0 aliphatic carbocycles. The molecule has 1 aromatic carbocycles. The average Bonchev–Trinajstić information content (AvgIpc) is 2.48. The number of hydrogen-bond acceptors (Lipinski definition) is 3. The molecule has 0 spiro atoms. The van der Waals surface area contributed by atoms with E-state index in [1.165, 1.54) is 12.3 Å². The largest absolute Gasteiger partial charge is 0.309 e. The fourth-order valence-corrected chi connectivity index (χ4v) is 2.46. The topological polar surface area (TPSA) is 37.8 Å². The van der Waals surface area contributed by atoms with Crippen LogP contribution in [0.3, 0.4) is 0 Å². The molecule has 3 aromatic rings. The number of halogens is 1. The molecule has 3 nitrogen and oxygen atoms in total. The Morgan fingerprint density at radius 2 is 2.00 bits per heavy atom. The SMILES string of the molecule is CNC(c1cncc(F)c1)c1ccnc2ccccc12. The number of nitrogens with zero attached hydrogens (tertiary/aromatic N) is 2. The highest BCUT2D eigenvalue weighted by atomic mass is 19.1. The van der Waals surface area contributed by atoms with Gasteiger partial charge in [-0.2, -0.15) is 0 Å². The monoisotopic (exact) mass is 267 g/mol. The van der Waals surface area contributed by atoms with Crippen LogP contribution in [-0.4, -0.2) is 17.0 Å². The number of hydrogen-bond donors (Lipinski definition) is 1. The number of fused-ring (bicyclic) bond motifs is 1. The van der Waals surface area contributed by atoms with Crippen molar-refractivity contribution in [3.05, 3.63) is 71.9 Å². The summed E-state index contributed by atoms with van der Waals surface area (Å²) in [7, 11) is 1.85. The van der Waals surface area contributed by atoms with Crippen molar-refractivity contribution in [3.8, 4) is 0 Å². The van der Waals surface area contributed by atoms with Gasteiger partial charge in [0.15, 0.2) is 0 Å². The Morgan fingerprint density at radius 1 is 1.15 bits per heavy atom. The summed E-state index contributed by atoms with van der Waals surface area (Å²) in [6, 6.07) is 11.3. The second kappa shape index (κ2) is 5.35. The first-order chi connectivity index (χ1) is 9.79. The first-order valence-electron chi connectivity index (χ1n) is 6.41. The summed E-state index contributed by atoms with van der Waals surface area (Å²) in [4.78, 5) is 8.28. The minimum atomic E-state index is -0.332. The molecule has 4 heteroatoms. The molecule has 2 aromatic heterocycles. The van der Waals surface area contributed by atoms with Crippen molar-refractivity contribution in [2.75, 3.05) is 7.05 Å². The van der Waals surface area contributed by atoms with Crippen LogP contribution in [0.5, 0.6) is 0 Å². The second-order valence-electron chi connectivity index (χ2n) is 4.58. The van der Waals surface area contributed by atoms with E-state index in [0.717, 1.165) is 22.0 Å². The third kappa shape index (κ3) is 2.26. The van der Waals surface area contributed by atoms with Gasteiger partial charge in [-0.05, 0) is 36.4 Å². The number of para-hydroxylation sites is 1. The van der Waals surface area contributed by atoms with Gasteiger partial charge >= 0.3 is 0 Å². The molecule has 0 aliphatic rings. The normalized spacial score (nSPS) is 12.5. The molecule has 1 N–H and O–H groups in total. The highest BCUT2D eigenvalue weighted by molar-refractivity contribution is 5.82. The lowest BCUT2D eigenvalue weighted by Gasteiger charge is -2.18. The van der Waals surface area contributed by atoms with E-state index in [0.29, 0.717) is 0 Å². The Kier molecular flexibility index (Phi) is 3.39. The number of aromatic nitrogens is 2. The predicted octanol–water partition coefficient (Wildman–Crippen LogP) is 3.08. The van der Waals surface area contributed by atoms with Gasteiger partial charge in [-0.15, -0.1) is 0 Å². The Balaban J connectivity index is 2.17. The van der Waals surface area contributed by atoms with Gasteiger partial charge in [0.1, 0.15) is 5.82 Å². The predicted molar refractivity (Wildman–Crippen MR) is 76.8 cm³/mol. The fraction of sp³-hybridized carbons (Fsp3) is 0.125. The standard InChI is InChI=1S/C16H14FN3/c1-18-16(11-8-12(17)10-19-9-11)14-6-7-20-15-5-3-2-4-13(14)15/h2-10,16,18H,1H3. The van der Waals surface area contributed by atoms with Gasteiger partial charge in [-0.1, -0.05) is 18.2 Å². The van der Waals surface area contributed by atoms with E-state index in [1.807, 2.05) is 37.4 Å². The third-order valence-corrected chi connectivity index (χ3v) is 3.34.